The summed E-state index contributed by atoms with van der Waals surface area (Å²) in [5.74, 6) is -1.96. The van der Waals surface area contributed by atoms with Gasteiger partial charge >= 0.3 is 17.4 Å². The second-order valence-electron chi connectivity index (χ2n) is 3.73. The standard InChI is InChI=1S/C9H7F7N2O2S/c10-7(11,8(12,13)14)9(15,16)21(19,20)6-4-2-1-3-5(6)18-17/h1-4,18H,17H2. The van der Waals surface area contributed by atoms with Crippen molar-refractivity contribution in [1.29, 1.82) is 0 Å². The van der Waals surface area contributed by atoms with Crippen LogP contribution in [0.4, 0.5) is 36.4 Å². The van der Waals surface area contributed by atoms with Gasteiger partial charge < -0.3 is 5.43 Å². The molecule has 0 fully saturated rings. The summed E-state index contributed by atoms with van der Waals surface area (Å²) in [6.07, 6.45) is -6.76. The number of nitrogens with two attached hydrogens (primary N) is 1. The first-order valence-electron chi connectivity index (χ1n) is 4.93. The van der Waals surface area contributed by atoms with Gasteiger partial charge in [0.1, 0.15) is 0 Å². The van der Waals surface area contributed by atoms with Gasteiger partial charge in [-0.1, -0.05) is 12.1 Å². The summed E-state index contributed by atoms with van der Waals surface area (Å²) in [5.41, 5.74) is 0.871. The van der Waals surface area contributed by atoms with Gasteiger partial charge in [-0.05, 0) is 12.1 Å². The summed E-state index contributed by atoms with van der Waals surface area (Å²) >= 11 is 0. The van der Waals surface area contributed by atoms with Gasteiger partial charge in [-0.3, -0.25) is 5.84 Å². The molecule has 0 atom stereocenters. The number of nitrogen functional groups attached to an aromatic ring is 1. The lowest BCUT2D eigenvalue weighted by molar-refractivity contribution is -0.332. The molecule has 0 saturated carbocycles. The van der Waals surface area contributed by atoms with Crippen LogP contribution in [0.5, 0.6) is 0 Å². The predicted molar refractivity (Wildman–Crippen MR) is 57.4 cm³/mol. The lowest BCUT2D eigenvalue weighted by Crippen LogP contribution is -2.56. The molecule has 0 saturated heterocycles. The molecule has 0 bridgehead atoms. The number of rotatable bonds is 4. The Hall–Kier alpha value is -1.56. The molecule has 0 unspecified atom stereocenters. The normalized spacial score (nSPS) is 14.1. The van der Waals surface area contributed by atoms with Crippen molar-refractivity contribution in [3.05, 3.63) is 24.3 Å². The molecule has 0 aromatic heterocycles. The highest BCUT2D eigenvalue weighted by Gasteiger charge is 2.78. The van der Waals surface area contributed by atoms with Crippen molar-refractivity contribution >= 4 is 15.5 Å². The summed E-state index contributed by atoms with van der Waals surface area (Å²) in [5, 5.41) is -6.41. The van der Waals surface area contributed by atoms with E-state index in [1.165, 1.54) is 0 Å². The minimum absolute atomic E-state index is 0.422. The van der Waals surface area contributed by atoms with Crippen molar-refractivity contribution in [2.75, 3.05) is 5.43 Å². The second-order valence-corrected chi connectivity index (χ2v) is 5.69. The van der Waals surface area contributed by atoms with Crippen LogP contribution in [-0.4, -0.2) is 25.8 Å². The van der Waals surface area contributed by atoms with Crippen molar-refractivity contribution in [2.45, 2.75) is 22.2 Å². The van der Waals surface area contributed by atoms with Crippen LogP contribution in [0.25, 0.3) is 0 Å². The van der Waals surface area contributed by atoms with E-state index in [9.17, 15) is 39.2 Å². The maximum absolute atomic E-state index is 13.4. The molecule has 0 aliphatic carbocycles. The molecule has 12 heteroatoms. The van der Waals surface area contributed by atoms with Crippen LogP contribution in [-0.2, 0) is 9.84 Å². The van der Waals surface area contributed by atoms with Gasteiger partial charge in [-0.2, -0.15) is 30.7 Å². The highest BCUT2D eigenvalue weighted by Crippen LogP contribution is 2.51. The second kappa shape index (κ2) is 5.02. The number of alkyl halides is 7. The summed E-state index contributed by atoms with van der Waals surface area (Å²) in [4.78, 5) is -1.48. The zero-order valence-corrected chi connectivity index (χ0v) is 10.6. The van der Waals surface area contributed by atoms with Gasteiger partial charge in [-0.15, -0.1) is 0 Å². The zero-order valence-electron chi connectivity index (χ0n) is 9.76. The monoisotopic (exact) mass is 340 g/mol. The van der Waals surface area contributed by atoms with Gasteiger partial charge in [0.2, 0.25) is 0 Å². The third-order valence-electron chi connectivity index (χ3n) is 2.39. The molecule has 120 valence electrons. The maximum atomic E-state index is 13.4. The number of anilines is 1. The molecule has 0 amide bonds. The first-order chi connectivity index (χ1) is 9.30. The Morgan fingerprint density at radius 2 is 1.43 bits per heavy atom. The van der Waals surface area contributed by atoms with Gasteiger partial charge in [0.15, 0.2) is 0 Å². The van der Waals surface area contributed by atoms with Crippen LogP contribution in [0.3, 0.4) is 0 Å². The van der Waals surface area contributed by atoms with Crippen LogP contribution < -0.4 is 11.3 Å². The molecule has 0 radical (unpaired) electrons. The first-order valence-corrected chi connectivity index (χ1v) is 6.41. The van der Waals surface area contributed by atoms with Crippen LogP contribution in [0, 0.1) is 0 Å². The summed E-state index contributed by atoms with van der Waals surface area (Å²) in [6, 6.07) is 3.20. The van der Waals surface area contributed by atoms with Crippen molar-refractivity contribution in [1.82, 2.24) is 0 Å². The van der Waals surface area contributed by atoms with Crippen molar-refractivity contribution in [3.8, 4) is 0 Å². The third kappa shape index (κ3) is 2.52. The summed E-state index contributed by atoms with van der Waals surface area (Å²) in [7, 11) is -6.37. The van der Waals surface area contributed by atoms with Crippen LogP contribution in [0.1, 0.15) is 0 Å². The van der Waals surface area contributed by atoms with E-state index in [1.54, 1.807) is 5.43 Å². The third-order valence-corrected chi connectivity index (χ3v) is 4.26. The number of sulfone groups is 1. The predicted octanol–water partition coefficient (Wildman–Crippen LogP) is 2.54. The average molecular weight is 340 g/mol. The number of benzene rings is 1. The topological polar surface area (TPSA) is 72.2 Å². The Balaban J connectivity index is 3.56. The largest absolute Gasteiger partial charge is 0.461 e. The smallest absolute Gasteiger partial charge is 0.323 e. The van der Waals surface area contributed by atoms with Gasteiger partial charge in [0.25, 0.3) is 9.84 Å². The SMILES string of the molecule is NNc1ccccc1S(=O)(=O)C(F)(F)C(F)(F)C(F)(F)F. The molecule has 0 heterocycles. The van der Waals surface area contributed by atoms with Crippen molar-refractivity contribution in [2.24, 2.45) is 5.84 Å². The number of hydrazine groups is 1. The number of hydrogen-bond acceptors (Lipinski definition) is 4. The fourth-order valence-electron chi connectivity index (χ4n) is 1.29. The Labute approximate surface area is 113 Å². The molecular weight excluding hydrogens is 333 g/mol. The maximum Gasteiger partial charge on any atom is 0.461 e. The summed E-state index contributed by atoms with van der Waals surface area (Å²) in [6.45, 7) is 0. The van der Waals surface area contributed by atoms with Crippen molar-refractivity contribution < 1.29 is 39.2 Å². The van der Waals surface area contributed by atoms with Crippen LogP contribution in [0.15, 0.2) is 29.2 Å². The van der Waals surface area contributed by atoms with E-state index in [4.69, 9.17) is 5.84 Å². The van der Waals surface area contributed by atoms with Gasteiger partial charge in [0, 0.05) is 0 Å². The lowest BCUT2D eigenvalue weighted by atomic mass is 10.3. The highest BCUT2D eigenvalue weighted by atomic mass is 32.2. The molecule has 4 nitrogen and oxygen atoms in total. The quantitative estimate of drug-likeness (QED) is 0.502. The summed E-state index contributed by atoms with van der Waals surface area (Å²) < 4.78 is 111. The van der Waals surface area contributed by atoms with Crippen LogP contribution >= 0.6 is 0 Å². The molecule has 21 heavy (non-hydrogen) atoms. The van der Waals surface area contributed by atoms with E-state index < -0.39 is 37.8 Å². The molecule has 3 N–H and O–H groups in total. The first kappa shape index (κ1) is 17.5. The molecule has 1 aromatic carbocycles. The van der Waals surface area contributed by atoms with E-state index in [2.05, 4.69) is 0 Å². The van der Waals surface area contributed by atoms with E-state index in [1.807, 2.05) is 0 Å². The number of halogens is 7. The number of para-hydroxylation sites is 1. The average Bonchev–Trinajstić information content (AvgIpc) is 2.36. The molecule has 1 rings (SSSR count). The fraction of sp³-hybridized carbons (Fsp3) is 0.333. The Kier molecular flexibility index (Phi) is 4.18. The number of hydrogen-bond donors (Lipinski definition) is 2. The highest BCUT2D eigenvalue weighted by molar-refractivity contribution is 7.92. The van der Waals surface area contributed by atoms with Crippen molar-refractivity contribution in [3.63, 3.8) is 0 Å². The lowest BCUT2D eigenvalue weighted by Gasteiger charge is -2.28. The fourth-order valence-corrected chi connectivity index (χ4v) is 2.70. The number of nitrogens with one attached hydrogen (secondary N) is 1. The molecular formula is C9H7F7N2O2S. The van der Waals surface area contributed by atoms with E-state index in [0.717, 1.165) is 18.2 Å². The molecule has 1 aromatic rings. The Bertz CT molecular complexity index is 627. The van der Waals surface area contributed by atoms with Crippen LogP contribution in [0.2, 0.25) is 0 Å². The van der Waals surface area contributed by atoms with E-state index in [0.29, 0.717) is 6.07 Å². The zero-order chi connectivity index (χ0) is 16.7. The van der Waals surface area contributed by atoms with Gasteiger partial charge in [0.05, 0.1) is 10.6 Å². The molecule has 0 spiro atoms. The Morgan fingerprint density at radius 3 is 1.86 bits per heavy atom. The minimum atomic E-state index is -6.78. The van der Waals surface area contributed by atoms with E-state index in [-0.39, 0.29) is 0 Å². The minimum Gasteiger partial charge on any atom is -0.323 e. The Morgan fingerprint density at radius 1 is 0.952 bits per heavy atom. The molecule has 0 aliphatic rings. The molecule has 0 aliphatic heterocycles. The van der Waals surface area contributed by atoms with Gasteiger partial charge in [-0.25, -0.2) is 8.42 Å². The van der Waals surface area contributed by atoms with E-state index >= 15 is 0 Å².